The number of carbonyl (C=O) groups excluding carboxylic acids is 2. The van der Waals surface area contributed by atoms with Crippen molar-refractivity contribution in [2.24, 2.45) is 5.92 Å². The maximum absolute atomic E-state index is 13.1. The number of hydrogen-bond donors (Lipinski definition) is 1. The Kier molecular flexibility index (Phi) is 5.29. The van der Waals surface area contributed by atoms with E-state index < -0.39 is 5.92 Å². The molecule has 2 atom stereocenters. The van der Waals surface area contributed by atoms with Gasteiger partial charge in [0, 0.05) is 17.8 Å². The lowest BCUT2D eigenvalue weighted by atomic mass is 9.92. The first-order valence-corrected chi connectivity index (χ1v) is 9.54. The summed E-state index contributed by atoms with van der Waals surface area (Å²) in [5, 5.41) is 2.96. The second kappa shape index (κ2) is 8.19. The first-order chi connectivity index (χ1) is 14.2. The predicted octanol–water partition coefficient (Wildman–Crippen LogP) is 4.43. The van der Waals surface area contributed by atoms with E-state index in [2.05, 4.69) is 5.32 Å². The van der Waals surface area contributed by atoms with Crippen LogP contribution in [0.15, 0.2) is 84.9 Å². The molecule has 0 bridgehead atoms. The third-order valence-corrected chi connectivity index (χ3v) is 5.19. The van der Waals surface area contributed by atoms with E-state index in [-0.39, 0.29) is 24.3 Å². The summed E-state index contributed by atoms with van der Waals surface area (Å²) in [4.78, 5) is 27.8. The van der Waals surface area contributed by atoms with Crippen LogP contribution in [-0.2, 0) is 9.59 Å². The molecule has 1 saturated heterocycles. The summed E-state index contributed by atoms with van der Waals surface area (Å²) >= 11 is 0. The first kappa shape index (κ1) is 18.7. The molecule has 4 rings (SSSR count). The number of rotatable bonds is 5. The minimum Gasteiger partial charge on any atom is -0.497 e. The van der Waals surface area contributed by atoms with Gasteiger partial charge in [-0.15, -0.1) is 0 Å². The van der Waals surface area contributed by atoms with E-state index in [1.807, 2.05) is 84.9 Å². The molecule has 1 aliphatic heterocycles. The Morgan fingerprint density at radius 1 is 0.931 bits per heavy atom. The number of carbonyl (C=O) groups is 2. The average Bonchev–Trinajstić information content (AvgIpc) is 3.12. The van der Waals surface area contributed by atoms with Gasteiger partial charge in [-0.2, -0.15) is 0 Å². The minimum absolute atomic E-state index is 0.0646. The van der Waals surface area contributed by atoms with E-state index in [1.54, 1.807) is 12.0 Å². The van der Waals surface area contributed by atoms with Crippen LogP contribution in [0.4, 0.5) is 11.4 Å². The zero-order valence-electron chi connectivity index (χ0n) is 16.1. The van der Waals surface area contributed by atoms with Gasteiger partial charge in [0.1, 0.15) is 5.75 Å². The second-order valence-corrected chi connectivity index (χ2v) is 6.98. The highest BCUT2D eigenvalue weighted by atomic mass is 16.5. The van der Waals surface area contributed by atoms with Crippen molar-refractivity contribution in [2.45, 2.75) is 12.5 Å². The van der Waals surface area contributed by atoms with Gasteiger partial charge in [-0.3, -0.25) is 9.59 Å². The lowest BCUT2D eigenvalue weighted by Crippen LogP contribution is -2.32. The Bertz CT molecular complexity index is 988. The summed E-state index contributed by atoms with van der Waals surface area (Å²) in [7, 11) is 1.61. The fourth-order valence-corrected chi connectivity index (χ4v) is 3.80. The number of hydrogen-bond acceptors (Lipinski definition) is 3. The molecule has 0 radical (unpaired) electrons. The summed E-state index contributed by atoms with van der Waals surface area (Å²) in [6.07, 6.45) is 0.157. The zero-order chi connectivity index (χ0) is 20.2. The third kappa shape index (κ3) is 3.85. The number of methoxy groups -OCH3 is 1. The first-order valence-electron chi connectivity index (χ1n) is 9.54. The molecule has 1 aliphatic rings. The molecular formula is C24H22N2O3. The molecule has 0 spiro atoms. The smallest absolute Gasteiger partial charge is 0.230 e. The highest BCUT2D eigenvalue weighted by Gasteiger charge is 2.45. The van der Waals surface area contributed by atoms with Gasteiger partial charge in [-0.05, 0) is 42.0 Å². The van der Waals surface area contributed by atoms with Crippen LogP contribution in [0.2, 0.25) is 0 Å². The van der Waals surface area contributed by atoms with E-state index in [0.29, 0.717) is 0 Å². The molecular weight excluding hydrogens is 364 g/mol. The number of amides is 2. The van der Waals surface area contributed by atoms with Crippen molar-refractivity contribution in [3.05, 3.63) is 90.5 Å². The van der Waals surface area contributed by atoms with Gasteiger partial charge < -0.3 is 15.0 Å². The quantitative estimate of drug-likeness (QED) is 0.706. The van der Waals surface area contributed by atoms with Gasteiger partial charge in [-0.25, -0.2) is 0 Å². The molecule has 0 aliphatic carbocycles. The summed E-state index contributed by atoms with van der Waals surface area (Å²) < 4.78 is 5.26. The summed E-state index contributed by atoms with van der Waals surface area (Å²) in [5.41, 5.74) is 2.40. The fraction of sp³-hybridized carbons (Fsp3) is 0.167. The maximum Gasteiger partial charge on any atom is 0.230 e. The summed E-state index contributed by atoms with van der Waals surface area (Å²) in [5.74, 6) is -0.0000391. The third-order valence-electron chi connectivity index (χ3n) is 5.19. The van der Waals surface area contributed by atoms with E-state index in [9.17, 15) is 9.59 Å². The Balaban J connectivity index is 1.71. The van der Waals surface area contributed by atoms with Gasteiger partial charge in [0.2, 0.25) is 11.8 Å². The number of nitrogens with one attached hydrogen (secondary N) is 1. The number of ether oxygens (including phenoxy) is 1. The van der Waals surface area contributed by atoms with Crippen LogP contribution >= 0.6 is 0 Å². The Morgan fingerprint density at radius 2 is 1.55 bits per heavy atom. The maximum atomic E-state index is 13.1. The molecule has 0 saturated carbocycles. The van der Waals surface area contributed by atoms with Crippen molar-refractivity contribution in [3.8, 4) is 5.75 Å². The zero-order valence-corrected chi connectivity index (χ0v) is 16.1. The lowest BCUT2D eigenvalue weighted by molar-refractivity contribution is -0.122. The van der Waals surface area contributed by atoms with Crippen molar-refractivity contribution in [1.29, 1.82) is 0 Å². The van der Waals surface area contributed by atoms with Crippen molar-refractivity contribution < 1.29 is 14.3 Å². The number of para-hydroxylation sites is 2. The molecule has 3 aromatic rings. The molecule has 5 heteroatoms. The summed E-state index contributed by atoms with van der Waals surface area (Å²) in [6, 6.07) is 25.9. The van der Waals surface area contributed by atoms with Crippen molar-refractivity contribution in [3.63, 3.8) is 0 Å². The van der Waals surface area contributed by atoms with Gasteiger partial charge in [0.25, 0.3) is 0 Å². The van der Waals surface area contributed by atoms with E-state index >= 15 is 0 Å². The molecule has 1 fully saturated rings. The number of benzene rings is 3. The molecule has 0 unspecified atom stereocenters. The standard InChI is InChI=1S/C24H22N2O3/c1-29-20-14-12-17(13-15-20)23-21(24(28)25-18-8-4-2-5-9-18)16-22(27)26(23)19-10-6-3-7-11-19/h2-15,21,23H,16H2,1H3,(H,25,28)/t21-,23-/m1/s1. The normalized spacial score (nSPS) is 18.5. The lowest BCUT2D eigenvalue weighted by Gasteiger charge is -2.28. The van der Waals surface area contributed by atoms with Crippen LogP contribution in [0.1, 0.15) is 18.0 Å². The van der Waals surface area contributed by atoms with Crippen LogP contribution in [0, 0.1) is 5.92 Å². The van der Waals surface area contributed by atoms with E-state index in [0.717, 1.165) is 22.7 Å². The monoisotopic (exact) mass is 386 g/mol. The van der Waals surface area contributed by atoms with Crippen LogP contribution < -0.4 is 15.0 Å². The molecule has 3 aromatic carbocycles. The largest absolute Gasteiger partial charge is 0.497 e. The molecule has 29 heavy (non-hydrogen) atoms. The van der Waals surface area contributed by atoms with Crippen LogP contribution in [0.3, 0.4) is 0 Å². The van der Waals surface area contributed by atoms with Crippen LogP contribution in [0.5, 0.6) is 5.75 Å². The molecule has 0 aromatic heterocycles. The SMILES string of the molecule is COc1ccc([C@@H]2[C@H](C(=O)Nc3ccccc3)CC(=O)N2c2ccccc2)cc1. The fourth-order valence-electron chi connectivity index (χ4n) is 3.80. The molecule has 2 amide bonds. The van der Waals surface area contributed by atoms with Crippen LogP contribution in [0.25, 0.3) is 0 Å². The highest BCUT2D eigenvalue weighted by Crippen LogP contribution is 2.42. The predicted molar refractivity (Wildman–Crippen MR) is 113 cm³/mol. The number of nitrogens with zero attached hydrogens (tertiary/aromatic N) is 1. The van der Waals surface area contributed by atoms with Crippen molar-refractivity contribution in [2.75, 3.05) is 17.3 Å². The number of anilines is 2. The topological polar surface area (TPSA) is 58.6 Å². The van der Waals surface area contributed by atoms with E-state index in [1.165, 1.54) is 0 Å². The Hall–Kier alpha value is -3.60. The minimum atomic E-state index is -0.503. The Morgan fingerprint density at radius 3 is 2.17 bits per heavy atom. The van der Waals surface area contributed by atoms with E-state index in [4.69, 9.17) is 4.74 Å². The average molecular weight is 386 g/mol. The Labute approximate surface area is 169 Å². The highest BCUT2D eigenvalue weighted by molar-refractivity contribution is 6.04. The van der Waals surface area contributed by atoms with Gasteiger partial charge >= 0.3 is 0 Å². The molecule has 1 N–H and O–H groups in total. The second-order valence-electron chi connectivity index (χ2n) is 6.98. The molecule has 146 valence electrons. The van der Waals surface area contributed by atoms with Crippen molar-refractivity contribution >= 4 is 23.2 Å². The molecule has 5 nitrogen and oxygen atoms in total. The van der Waals surface area contributed by atoms with Gasteiger partial charge in [-0.1, -0.05) is 48.5 Å². The molecule has 1 heterocycles. The van der Waals surface area contributed by atoms with Crippen molar-refractivity contribution in [1.82, 2.24) is 0 Å². The van der Waals surface area contributed by atoms with Crippen LogP contribution in [-0.4, -0.2) is 18.9 Å². The summed E-state index contributed by atoms with van der Waals surface area (Å²) in [6.45, 7) is 0. The van der Waals surface area contributed by atoms with Gasteiger partial charge in [0.15, 0.2) is 0 Å². The van der Waals surface area contributed by atoms with Gasteiger partial charge in [0.05, 0.1) is 19.1 Å².